The minimum atomic E-state index is 0.272. The molecule has 2 aliphatic rings. The van der Waals surface area contributed by atoms with Crippen molar-refractivity contribution in [3.63, 3.8) is 0 Å². The van der Waals surface area contributed by atoms with Crippen LogP contribution >= 0.6 is 0 Å². The quantitative estimate of drug-likeness (QED) is 0.676. The topological polar surface area (TPSA) is 44.7 Å². The van der Waals surface area contributed by atoms with Crippen LogP contribution in [0.3, 0.4) is 0 Å². The Hall–Kier alpha value is -0.160. The van der Waals surface area contributed by atoms with Crippen molar-refractivity contribution in [3.8, 4) is 0 Å². The third-order valence-corrected chi connectivity index (χ3v) is 3.54. The molecule has 2 rings (SSSR count). The van der Waals surface area contributed by atoms with Gasteiger partial charge in [-0.2, -0.15) is 0 Å². The number of rotatable bonds is 3. The van der Waals surface area contributed by atoms with Gasteiger partial charge in [-0.25, -0.2) is 0 Å². The summed E-state index contributed by atoms with van der Waals surface area (Å²) in [7, 11) is 0. The van der Waals surface area contributed by atoms with E-state index in [1.807, 2.05) is 0 Å². The Bertz CT molecular complexity index is 175. The van der Waals surface area contributed by atoms with E-state index in [2.05, 4.69) is 10.2 Å². The van der Waals surface area contributed by atoms with E-state index in [-0.39, 0.29) is 6.61 Å². The maximum absolute atomic E-state index is 9.51. The van der Waals surface area contributed by atoms with E-state index < -0.39 is 0 Å². The van der Waals surface area contributed by atoms with Crippen LogP contribution in [0.25, 0.3) is 0 Å². The Labute approximate surface area is 91.6 Å². The number of hydrogen-bond acceptors (Lipinski definition) is 4. The van der Waals surface area contributed by atoms with Crippen LogP contribution in [0.5, 0.6) is 0 Å². The van der Waals surface area contributed by atoms with Crippen LogP contribution in [0.4, 0.5) is 0 Å². The lowest BCUT2D eigenvalue weighted by Gasteiger charge is -2.32. The van der Waals surface area contributed by atoms with E-state index in [1.165, 1.54) is 6.42 Å². The number of ether oxygens (including phenoxy) is 1. The predicted molar refractivity (Wildman–Crippen MR) is 58.9 cm³/mol. The number of aliphatic hydroxyl groups excluding tert-OH is 1. The molecule has 2 saturated heterocycles. The van der Waals surface area contributed by atoms with Crippen molar-refractivity contribution in [2.75, 3.05) is 46.0 Å². The third kappa shape index (κ3) is 2.91. The smallest absolute Gasteiger partial charge is 0.0590 e. The highest BCUT2D eigenvalue weighted by Gasteiger charge is 2.30. The van der Waals surface area contributed by atoms with E-state index in [0.29, 0.717) is 12.0 Å². The fraction of sp³-hybridized carbons (Fsp3) is 1.00. The van der Waals surface area contributed by atoms with E-state index in [9.17, 15) is 5.11 Å². The zero-order valence-electron chi connectivity index (χ0n) is 9.32. The van der Waals surface area contributed by atoms with Gasteiger partial charge in [-0.05, 0) is 25.9 Å². The molecule has 2 heterocycles. The SMILES string of the molecule is OCC(C1CCOC1)N1CCCNCC1. The third-order valence-electron chi connectivity index (χ3n) is 3.54. The van der Waals surface area contributed by atoms with Crippen LogP contribution in [0.15, 0.2) is 0 Å². The van der Waals surface area contributed by atoms with Crippen molar-refractivity contribution in [3.05, 3.63) is 0 Å². The lowest BCUT2D eigenvalue weighted by Crippen LogP contribution is -2.45. The second-order valence-electron chi connectivity index (χ2n) is 4.51. The van der Waals surface area contributed by atoms with Gasteiger partial charge in [0.05, 0.1) is 13.2 Å². The van der Waals surface area contributed by atoms with Gasteiger partial charge in [-0.15, -0.1) is 0 Å². The molecule has 0 radical (unpaired) electrons. The van der Waals surface area contributed by atoms with E-state index in [0.717, 1.165) is 45.8 Å². The summed E-state index contributed by atoms with van der Waals surface area (Å²) in [6, 6.07) is 0.312. The number of hydrogen-bond donors (Lipinski definition) is 2. The lowest BCUT2D eigenvalue weighted by molar-refractivity contribution is 0.0754. The van der Waals surface area contributed by atoms with Crippen LogP contribution in [-0.4, -0.2) is 62.0 Å². The van der Waals surface area contributed by atoms with Crippen molar-refractivity contribution in [2.24, 2.45) is 5.92 Å². The Kier molecular flexibility index (Phi) is 4.38. The summed E-state index contributed by atoms with van der Waals surface area (Å²) in [4.78, 5) is 2.43. The van der Waals surface area contributed by atoms with Gasteiger partial charge in [0.2, 0.25) is 0 Å². The van der Waals surface area contributed by atoms with E-state index >= 15 is 0 Å². The molecule has 0 amide bonds. The van der Waals surface area contributed by atoms with Crippen molar-refractivity contribution < 1.29 is 9.84 Å². The normalized spacial score (nSPS) is 31.4. The zero-order valence-corrected chi connectivity index (χ0v) is 9.32. The first-order valence-corrected chi connectivity index (χ1v) is 6.05. The van der Waals surface area contributed by atoms with Gasteiger partial charge < -0.3 is 15.2 Å². The summed E-state index contributed by atoms with van der Waals surface area (Å²) in [5.74, 6) is 0.535. The molecule has 4 nitrogen and oxygen atoms in total. The van der Waals surface area contributed by atoms with Gasteiger partial charge >= 0.3 is 0 Å². The molecule has 0 bridgehead atoms. The molecule has 2 unspecified atom stereocenters. The van der Waals surface area contributed by atoms with Gasteiger partial charge in [0.25, 0.3) is 0 Å². The Morgan fingerprint density at radius 3 is 3.07 bits per heavy atom. The minimum absolute atomic E-state index is 0.272. The van der Waals surface area contributed by atoms with Crippen molar-refractivity contribution in [1.29, 1.82) is 0 Å². The molecule has 0 aromatic heterocycles. The summed E-state index contributed by atoms with van der Waals surface area (Å²) in [5.41, 5.74) is 0. The molecule has 0 aromatic carbocycles. The van der Waals surface area contributed by atoms with E-state index in [1.54, 1.807) is 0 Å². The number of aliphatic hydroxyl groups is 1. The molecule has 2 fully saturated rings. The van der Waals surface area contributed by atoms with E-state index in [4.69, 9.17) is 4.74 Å². The second-order valence-corrected chi connectivity index (χ2v) is 4.51. The van der Waals surface area contributed by atoms with Crippen molar-refractivity contribution >= 4 is 0 Å². The first-order valence-electron chi connectivity index (χ1n) is 6.05. The van der Waals surface area contributed by atoms with Crippen LogP contribution in [0.2, 0.25) is 0 Å². The molecule has 4 heteroatoms. The van der Waals surface area contributed by atoms with Crippen molar-refractivity contribution in [1.82, 2.24) is 10.2 Å². The molecule has 0 spiro atoms. The monoisotopic (exact) mass is 214 g/mol. The molecule has 2 aliphatic heterocycles. The first kappa shape index (κ1) is 11.3. The summed E-state index contributed by atoms with van der Waals surface area (Å²) < 4.78 is 5.41. The fourth-order valence-corrected chi connectivity index (χ4v) is 2.62. The summed E-state index contributed by atoms with van der Waals surface area (Å²) in [6.07, 6.45) is 2.29. The number of nitrogens with one attached hydrogen (secondary N) is 1. The molecule has 0 aliphatic carbocycles. The number of nitrogens with zero attached hydrogens (tertiary/aromatic N) is 1. The average Bonchev–Trinajstić information content (AvgIpc) is 2.63. The molecule has 88 valence electrons. The van der Waals surface area contributed by atoms with Crippen molar-refractivity contribution in [2.45, 2.75) is 18.9 Å². The van der Waals surface area contributed by atoms with Gasteiger partial charge in [0.1, 0.15) is 0 Å². The summed E-state index contributed by atoms with van der Waals surface area (Å²) in [6.45, 7) is 6.28. The summed E-state index contributed by atoms with van der Waals surface area (Å²) >= 11 is 0. The highest BCUT2D eigenvalue weighted by atomic mass is 16.5. The fourth-order valence-electron chi connectivity index (χ4n) is 2.62. The molecular weight excluding hydrogens is 192 g/mol. The van der Waals surface area contributed by atoms with Crippen LogP contribution in [0.1, 0.15) is 12.8 Å². The summed E-state index contributed by atoms with van der Waals surface area (Å²) in [5, 5.41) is 12.9. The standard InChI is InChI=1S/C11H22N2O2/c14-8-11(10-2-7-15-9-10)13-5-1-3-12-4-6-13/h10-12,14H,1-9H2. The Morgan fingerprint density at radius 2 is 2.33 bits per heavy atom. The maximum atomic E-state index is 9.51. The largest absolute Gasteiger partial charge is 0.395 e. The molecular formula is C11H22N2O2. The molecule has 2 N–H and O–H groups in total. The maximum Gasteiger partial charge on any atom is 0.0590 e. The average molecular weight is 214 g/mol. The van der Waals surface area contributed by atoms with Gasteiger partial charge in [0, 0.05) is 31.7 Å². The lowest BCUT2D eigenvalue weighted by atomic mass is 9.98. The van der Waals surface area contributed by atoms with Crippen LogP contribution < -0.4 is 5.32 Å². The first-order chi connectivity index (χ1) is 7.42. The second kappa shape index (κ2) is 5.80. The molecule has 0 saturated carbocycles. The Morgan fingerprint density at radius 1 is 1.40 bits per heavy atom. The highest BCUT2D eigenvalue weighted by Crippen LogP contribution is 2.21. The van der Waals surface area contributed by atoms with Crippen LogP contribution in [-0.2, 0) is 4.74 Å². The minimum Gasteiger partial charge on any atom is -0.395 e. The molecule has 2 atom stereocenters. The molecule has 15 heavy (non-hydrogen) atoms. The van der Waals surface area contributed by atoms with Gasteiger partial charge in [-0.3, -0.25) is 4.90 Å². The molecule has 0 aromatic rings. The predicted octanol–water partition coefficient (Wildman–Crippen LogP) is -0.321. The highest BCUT2D eigenvalue weighted by molar-refractivity contribution is 4.83. The Balaban J connectivity index is 1.91. The van der Waals surface area contributed by atoms with Crippen LogP contribution in [0, 0.1) is 5.92 Å². The van der Waals surface area contributed by atoms with Gasteiger partial charge in [0.15, 0.2) is 0 Å². The zero-order chi connectivity index (χ0) is 10.5. The van der Waals surface area contributed by atoms with Gasteiger partial charge in [-0.1, -0.05) is 0 Å².